The zero-order valence-corrected chi connectivity index (χ0v) is 20.5. The zero-order valence-electron chi connectivity index (χ0n) is 18.9. The number of aliphatic hydroxyl groups excluding tert-OH is 1. The quantitative estimate of drug-likeness (QED) is 0.107. The van der Waals surface area contributed by atoms with Crippen LogP contribution >= 0.6 is 23.1 Å². The van der Waals surface area contributed by atoms with E-state index >= 15 is 0 Å². The van der Waals surface area contributed by atoms with Gasteiger partial charge in [0.2, 0.25) is 6.20 Å². The number of nitrogen functional groups attached to an aromatic ring is 1. The molecular weight excluding hydrogens is 512 g/mol. The average molecular weight is 535 g/mol. The number of oxime groups is 1. The van der Waals surface area contributed by atoms with E-state index in [2.05, 4.69) is 25.8 Å². The standard InChI is InChI=1S/C20H22N8O6S2/c1-34-26-13(11-9-36-20(21)24-11)16(30)25-14-17(31)28-15(19(32)33)10(8-35-18(14)28)6-27-4-2-22-12(7-27)23-3-5-29/h2,4,7,9,14,18,29H,3,5-6,8H2,1H3,(H4-,21,22,23,24,25,30,32,33)/t14?,18-/m0/s1. The van der Waals surface area contributed by atoms with Crippen LogP contribution in [0.5, 0.6) is 0 Å². The Labute approximate surface area is 212 Å². The van der Waals surface area contributed by atoms with Crippen molar-refractivity contribution in [3.8, 4) is 0 Å². The number of β-lactam (4-membered cyclic amide) rings is 1. The van der Waals surface area contributed by atoms with Gasteiger partial charge in [-0.15, -0.1) is 23.1 Å². The van der Waals surface area contributed by atoms with Crippen molar-refractivity contribution in [2.24, 2.45) is 5.16 Å². The Balaban J connectivity index is 1.51. The summed E-state index contributed by atoms with van der Waals surface area (Å²) in [6.07, 6.45) is 4.85. The Bertz CT molecular complexity index is 1250. The van der Waals surface area contributed by atoms with Gasteiger partial charge in [-0.1, -0.05) is 5.16 Å². The molecule has 0 radical (unpaired) electrons. The number of nitrogens with zero attached hydrogens (tertiary/aromatic N) is 5. The Morgan fingerprint density at radius 1 is 1.47 bits per heavy atom. The summed E-state index contributed by atoms with van der Waals surface area (Å²) in [5.41, 5.74) is 5.92. The Morgan fingerprint density at radius 2 is 2.28 bits per heavy atom. The minimum atomic E-state index is -1.48. The number of hydrogen-bond acceptors (Lipinski definition) is 13. The molecule has 190 valence electrons. The minimum absolute atomic E-state index is 0.0694. The predicted molar refractivity (Wildman–Crippen MR) is 127 cm³/mol. The first kappa shape index (κ1) is 25.3. The highest BCUT2D eigenvalue weighted by atomic mass is 32.2. The second kappa shape index (κ2) is 10.9. The second-order valence-corrected chi connectivity index (χ2v) is 9.55. The van der Waals surface area contributed by atoms with Crippen molar-refractivity contribution in [1.82, 2.24) is 20.2 Å². The topological polar surface area (TPSA) is 199 Å². The van der Waals surface area contributed by atoms with Crippen LogP contribution in [0.2, 0.25) is 0 Å². The fourth-order valence-corrected chi connectivity index (χ4v) is 5.60. The summed E-state index contributed by atoms with van der Waals surface area (Å²) in [5.74, 6) is -1.99. The van der Waals surface area contributed by atoms with Crippen LogP contribution < -0.4 is 26.0 Å². The molecule has 2 aromatic heterocycles. The number of carbonyl (C=O) groups is 3. The molecular formula is C20H22N8O6S2. The van der Waals surface area contributed by atoms with Gasteiger partial charge in [-0.25, -0.2) is 9.97 Å². The highest BCUT2D eigenvalue weighted by molar-refractivity contribution is 8.00. The number of nitrogens with one attached hydrogen (secondary N) is 2. The number of fused-ring (bicyclic) bond motifs is 1. The average Bonchev–Trinajstić information content (AvgIpc) is 3.29. The SMILES string of the molecule is CON=C(C(=O)NC1C(=O)N2C(C(=O)[O-])=C(C[n+]3ccnc(NCCO)c3)CS[C@@H]12)c1csc(N)n1. The molecule has 16 heteroatoms. The lowest BCUT2D eigenvalue weighted by atomic mass is 10.0. The number of carboxylic acid groups (broad SMARTS) is 1. The van der Waals surface area contributed by atoms with E-state index < -0.39 is 29.2 Å². The lowest BCUT2D eigenvalue weighted by Crippen LogP contribution is -2.71. The summed E-state index contributed by atoms with van der Waals surface area (Å²) in [6, 6.07) is -0.973. The van der Waals surface area contributed by atoms with Crippen molar-refractivity contribution >= 4 is 57.5 Å². The molecule has 0 aromatic carbocycles. The molecule has 0 spiro atoms. The molecule has 4 rings (SSSR count). The van der Waals surface area contributed by atoms with Crippen LogP contribution in [0.1, 0.15) is 5.69 Å². The number of hydrogen-bond donors (Lipinski definition) is 4. The van der Waals surface area contributed by atoms with Gasteiger partial charge in [0.1, 0.15) is 24.2 Å². The number of anilines is 2. The van der Waals surface area contributed by atoms with Crippen LogP contribution in [0, 0.1) is 0 Å². The molecule has 2 atom stereocenters. The maximum absolute atomic E-state index is 13.0. The molecule has 14 nitrogen and oxygen atoms in total. The maximum Gasteiger partial charge on any atom is 0.276 e. The van der Waals surface area contributed by atoms with Gasteiger partial charge in [0.25, 0.3) is 11.8 Å². The van der Waals surface area contributed by atoms with Gasteiger partial charge in [-0.3, -0.25) is 14.5 Å². The molecule has 0 saturated carbocycles. The number of aliphatic carboxylic acids is 1. The van der Waals surface area contributed by atoms with Gasteiger partial charge in [-0.2, -0.15) is 4.57 Å². The molecule has 5 N–H and O–H groups in total. The van der Waals surface area contributed by atoms with E-state index in [9.17, 15) is 19.5 Å². The number of aromatic nitrogens is 3. The van der Waals surface area contributed by atoms with E-state index in [0.29, 0.717) is 23.7 Å². The number of thiazole rings is 1. The highest BCUT2D eigenvalue weighted by Gasteiger charge is 2.53. The third-order valence-electron chi connectivity index (χ3n) is 5.24. The van der Waals surface area contributed by atoms with Crippen molar-refractivity contribution in [2.75, 3.05) is 37.1 Å². The smallest absolute Gasteiger partial charge is 0.276 e. The van der Waals surface area contributed by atoms with Gasteiger partial charge < -0.3 is 36.2 Å². The molecule has 2 aliphatic rings. The van der Waals surface area contributed by atoms with Crippen LogP contribution in [-0.4, -0.2) is 80.9 Å². The number of nitrogens with two attached hydrogens (primary N) is 1. The third kappa shape index (κ3) is 5.09. The molecule has 2 aliphatic heterocycles. The first-order valence-electron chi connectivity index (χ1n) is 10.5. The Hall–Kier alpha value is -3.76. The van der Waals surface area contributed by atoms with E-state index in [-0.39, 0.29) is 35.4 Å². The Morgan fingerprint density at radius 3 is 2.94 bits per heavy atom. The van der Waals surface area contributed by atoms with Crippen LogP contribution in [0.3, 0.4) is 0 Å². The molecule has 4 heterocycles. The summed E-state index contributed by atoms with van der Waals surface area (Å²) in [5, 5.41) is 31.3. The largest absolute Gasteiger partial charge is 0.543 e. The summed E-state index contributed by atoms with van der Waals surface area (Å²) >= 11 is 2.43. The van der Waals surface area contributed by atoms with Crippen LogP contribution in [0.25, 0.3) is 0 Å². The summed E-state index contributed by atoms with van der Waals surface area (Å²) in [4.78, 5) is 51.9. The van der Waals surface area contributed by atoms with Crippen LogP contribution in [0.4, 0.5) is 10.9 Å². The normalized spacial score (nSPS) is 19.4. The molecule has 2 aromatic rings. The fraction of sp³-hybridized carbons (Fsp3) is 0.350. The molecule has 36 heavy (non-hydrogen) atoms. The third-order valence-corrected chi connectivity index (χ3v) is 7.25. The molecule has 1 saturated heterocycles. The fourth-order valence-electron chi connectivity index (χ4n) is 3.72. The van der Waals surface area contributed by atoms with Crippen molar-refractivity contribution < 1.29 is 34.0 Å². The Kier molecular flexibility index (Phi) is 7.66. The van der Waals surface area contributed by atoms with Gasteiger partial charge in [0.05, 0.1) is 24.5 Å². The van der Waals surface area contributed by atoms with E-state index in [1.165, 1.54) is 30.4 Å². The molecule has 1 fully saturated rings. The van der Waals surface area contributed by atoms with E-state index in [0.717, 1.165) is 16.2 Å². The van der Waals surface area contributed by atoms with E-state index in [4.69, 9.17) is 15.7 Å². The number of carboxylic acids is 1. The van der Waals surface area contributed by atoms with Crippen LogP contribution in [-0.2, 0) is 25.8 Å². The van der Waals surface area contributed by atoms with E-state index in [1.54, 1.807) is 17.0 Å². The van der Waals surface area contributed by atoms with Gasteiger partial charge in [0.15, 0.2) is 29.4 Å². The number of rotatable bonds is 10. The molecule has 0 aliphatic carbocycles. The first-order valence-corrected chi connectivity index (χ1v) is 12.5. The minimum Gasteiger partial charge on any atom is -0.543 e. The molecule has 2 amide bonds. The number of amides is 2. The summed E-state index contributed by atoms with van der Waals surface area (Å²) in [7, 11) is 1.27. The van der Waals surface area contributed by atoms with Gasteiger partial charge in [-0.05, 0) is 0 Å². The first-order chi connectivity index (χ1) is 17.3. The second-order valence-electron chi connectivity index (χ2n) is 7.56. The van der Waals surface area contributed by atoms with Crippen molar-refractivity contribution in [3.63, 3.8) is 0 Å². The van der Waals surface area contributed by atoms with Gasteiger partial charge in [0, 0.05) is 23.3 Å². The van der Waals surface area contributed by atoms with Gasteiger partial charge >= 0.3 is 0 Å². The lowest BCUT2D eigenvalue weighted by molar-refractivity contribution is -0.688. The van der Waals surface area contributed by atoms with Crippen molar-refractivity contribution in [2.45, 2.75) is 18.0 Å². The van der Waals surface area contributed by atoms with Crippen molar-refractivity contribution in [3.05, 3.63) is 40.9 Å². The molecule has 0 bridgehead atoms. The monoisotopic (exact) mass is 534 g/mol. The predicted octanol–water partition coefficient (Wildman–Crippen LogP) is -2.73. The summed E-state index contributed by atoms with van der Waals surface area (Å²) < 4.78 is 1.71. The molecule has 1 unspecified atom stereocenters. The number of thioether (sulfide) groups is 1. The van der Waals surface area contributed by atoms with Crippen molar-refractivity contribution in [1.29, 1.82) is 0 Å². The number of carbonyl (C=O) groups excluding carboxylic acids is 3. The zero-order chi connectivity index (χ0) is 25.8. The maximum atomic E-state index is 13.0. The van der Waals surface area contributed by atoms with Crippen LogP contribution in [0.15, 0.2) is 40.4 Å². The number of aliphatic hydroxyl groups is 1. The van der Waals surface area contributed by atoms with E-state index in [1.807, 2.05) is 0 Å². The summed E-state index contributed by atoms with van der Waals surface area (Å²) in [6.45, 7) is 0.416. The lowest BCUT2D eigenvalue weighted by Gasteiger charge is -2.50. The highest BCUT2D eigenvalue weighted by Crippen LogP contribution is 2.40.